The van der Waals surface area contributed by atoms with E-state index in [0.29, 0.717) is 12.1 Å². The number of carbonyl (C=O) groups is 2. The number of rotatable bonds is 8. The molecule has 0 bridgehead atoms. The van der Waals surface area contributed by atoms with Crippen LogP contribution in [0.4, 0.5) is 10.5 Å². The van der Waals surface area contributed by atoms with Gasteiger partial charge in [-0.15, -0.1) is 0 Å². The molecule has 1 fully saturated rings. The standard InChI is InChI=1S/C17H23NO7S/c1-17(15(20)21,26(2,23)24)10-14-11-18(16(22)25-14)13-7-5-12(6-8-13)4-3-9-19/h5-8,14,19H,3-4,9-11H2,1-2H3,(H,20,21)/t14-,17?/m0/s1. The number of aryl methyl sites for hydroxylation is 1. The number of carbonyl (C=O) groups excluding carboxylic acids is 1. The molecule has 9 heteroatoms. The summed E-state index contributed by atoms with van der Waals surface area (Å²) in [6.45, 7) is 1.30. The van der Waals surface area contributed by atoms with E-state index >= 15 is 0 Å². The van der Waals surface area contributed by atoms with Crippen LogP contribution in [0.15, 0.2) is 24.3 Å². The van der Waals surface area contributed by atoms with E-state index in [9.17, 15) is 23.1 Å². The Bertz CT molecular complexity index is 775. The minimum atomic E-state index is -3.90. The number of aliphatic carboxylic acids is 1. The summed E-state index contributed by atoms with van der Waals surface area (Å²) in [5.41, 5.74) is 1.60. The molecule has 0 aliphatic carbocycles. The van der Waals surface area contributed by atoms with Gasteiger partial charge in [-0.1, -0.05) is 12.1 Å². The maximum atomic E-state index is 12.1. The van der Waals surface area contributed by atoms with Crippen molar-refractivity contribution in [3.8, 4) is 0 Å². The SMILES string of the molecule is CC(C[C@H]1CN(c2ccc(CCCO)cc2)C(=O)O1)(C(=O)O)S(C)(=O)=O. The number of ether oxygens (including phenoxy) is 1. The van der Waals surface area contributed by atoms with Crippen molar-refractivity contribution < 1.29 is 33.0 Å². The minimum absolute atomic E-state index is 0.0766. The van der Waals surface area contributed by atoms with Crippen LogP contribution in [-0.4, -0.2) is 61.0 Å². The average Bonchev–Trinajstić information content (AvgIpc) is 2.92. The first kappa shape index (κ1) is 20.2. The summed E-state index contributed by atoms with van der Waals surface area (Å²) in [6, 6.07) is 7.15. The van der Waals surface area contributed by atoms with Gasteiger partial charge in [0.2, 0.25) is 0 Å². The van der Waals surface area contributed by atoms with Crippen LogP contribution < -0.4 is 4.90 Å². The first-order valence-electron chi connectivity index (χ1n) is 8.19. The van der Waals surface area contributed by atoms with Crippen molar-refractivity contribution in [3.05, 3.63) is 29.8 Å². The van der Waals surface area contributed by atoms with Crippen LogP contribution in [0.25, 0.3) is 0 Å². The van der Waals surface area contributed by atoms with Crippen molar-refractivity contribution in [1.82, 2.24) is 0 Å². The highest BCUT2D eigenvalue weighted by molar-refractivity contribution is 7.92. The van der Waals surface area contributed by atoms with Gasteiger partial charge in [0, 0.05) is 25.0 Å². The van der Waals surface area contributed by atoms with Gasteiger partial charge in [0.05, 0.1) is 6.54 Å². The van der Waals surface area contributed by atoms with E-state index < -0.39 is 32.8 Å². The van der Waals surface area contributed by atoms with Crippen molar-refractivity contribution in [2.24, 2.45) is 0 Å². The molecule has 1 heterocycles. The van der Waals surface area contributed by atoms with Gasteiger partial charge in [-0.25, -0.2) is 13.2 Å². The average molecular weight is 385 g/mol. The third kappa shape index (κ3) is 4.16. The summed E-state index contributed by atoms with van der Waals surface area (Å²) >= 11 is 0. The molecular weight excluding hydrogens is 362 g/mol. The van der Waals surface area contributed by atoms with E-state index in [4.69, 9.17) is 9.84 Å². The van der Waals surface area contributed by atoms with Crippen molar-refractivity contribution >= 4 is 27.6 Å². The van der Waals surface area contributed by atoms with Gasteiger partial charge in [0.15, 0.2) is 14.6 Å². The summed E-state index contributed by atoms with van der Waals surface area (Å²) in [7, 11) is -3.90. The van der Waals surface area contributed by atoms with E-state index in [0.717, 1.165) is 25.2 Å². The zero-order valence-electron chi connectivity index (χ0n) is 14.7. The topological polar surface area (TPSA) is 121 Å². The molecule has 1 amide bonds. The smallest absolute Gasteiger partial charge is 0.414 e. The Labute approximate surface area is 152 Å². The molecule has 144 valence electrons. The number of carboxylic acids is 1. The second-order valence-electron chi connectivity index (χ2n) is 6.62. The highest BCUT2D eigenvalue weighted by Crippen LogP contribution is 2.30. The number of sulfone groups is 1. The lowest BCUT2D eigenvalue weighted by Crippen LogP contribution is -2.46. The fraction of sp³-hybridized carbons (Fsp3) is 0.529. The number of benzene rings is 1. The van der Waals surface area contributed by atoms with Crippen molar-refractivity contribution in [1.29, 1.82) is 0 Å². The first-order valence-corrected chi connectivity index (χ1v) is 10.1. The summed E-state index contributed by atoms with van der Waals surface area (Å²) < 4.78 is 26.9. The molecule has 1 unspecified atom stereocenters. The predicted molar refractivity (Wildman–Crippen MR) is 95.0 cm³/mol. The number of hydrogen-bond acceptors (Lipinski definition) is 6. The van der Waals surface area contributed by atoms with Crippen LogP contribution in [0.1, 0.15) is 25.3 Å². The molecule has 0 spiro atoms. The Balaban J connectivity index is 2.12. The van der Waals surface area contributed by atoms with E-state index in [1.807, 2.05) is 12.1 Å². The van der Waals surface area contributed by atoms with E-state index in [-0.39, 0.29) is 19.6 Å². The van der Waals surface area contributed by atoms with Crippen molar-refractivity contribution in [2.75, 3.05) is 24.3 Å². The highest BCUT2D eigenvalue weighted by Gasteiger charge is 2.48. The second kappa shape index (κ2) is 7.63. The van der Waals surface area contributed by atoms with Crippen LogP contribution in [-0.2, 0) is 25.8 Å². The van der Waals surface area contributed by atoms with Crippen LogP contribution >= 0.6 is 0 Å². The number of aliphatic hydroxyl groups excluding tert-OH is 1. The van der Waals surface area contributed by atoms with Gasteiger partial charge in [0.25, 0.3) is 0 Å². The van der Waals surface area contributed by atoms with Gasteiger partial charge in [-0.3, -0.25) is 9.69 Å². The Morgan fingerprint density at radius 1 is 1.35 bits per heavy atom. The second-order valence-corrected chi connectivity index (χ2v) is 9.07. The van der Waals surface area contributed by atoms with Crippen molar-refractivity contribution in [2.45, 2.75) is 37.0 Å². The van der Waals surface area contributed by atoms with Gasteiger partial charge in [-0.05, 0) is 37.5 Å². The van der Waals surface area contributed by atoms with Crippen LogP contribution in [0.3, 0.4) is 0 Å². The fourth-order valence-corrected chi connectivity index (χ4v) is 3.60. The molecule has 1 aromatic carbocycles. The zero-order chi connectivity index (χ0) is 19.5. The number of amides is 1. The molecule has 1 aliphatic heterocycles. The number of hydrogen-bond donors (Lipinski definition) is 2. The molecule has 1 aliphatic rings. The molecule has 0 saturated carbocycles. The van der Waals surface area contributed by atoms with Crippen LogP contribution in [0.2, 0.25) is 0 Å². The van der Waals surface area contributed by atoms with E-state index in [1.54, 1.807) is 12.1 Å². The minimum Gasteiger partial charge on any atom is -0.480 e. The number of nitrogens with zero attached hydrogens (tertiary/aromatic N) is 1. The molecule has 2 atom stereocenters. The number of carboxylic acid groups (broad SMARTS) is 1. The number of anilines is 1. The van der Waals surface area contributed by atoms with E-state index in [2.05, 4.69) is 0 Å². The normalized spacial score (nSPS) is 19.9. The van der Waals surface area contributed by atoms with Crippen molar-refractivity contribution in [3.63, 3.8) is 0 Å². The third-order valence-electron chi connectivity index (χ3n) is 4.63. The Kier molecular flexibility index (Phi) is 5.92. The Morgan fingerprint density at radius 2 is 1.96 bits per heavy atom. The largest absolute Gasteiger partial charge is 0.480 e. The van der Waals surface area contributed by atoms with Crippen LogP contribution in [0, 0.1) is 0 Å². The zero-order valence-corrected chi connectivity index (χ0v) is 15.5. The third-order valence-corrected chi connectivity index (χ3v) is 6.61. The number of aliphatic hydroxyl groups is 1. The van der Waals surface area contributed by atoms with E-state index in [1.165, 1.54) is 4.90 Å². The van der Waals surface area contributed by atoms with Gasteiger partial charge < -0.3 is 14.9 Å². The van der Waals surface area contributed by atoms with Gasteiger partial charge in [0.1, 0.15) is 6.10 Å². The summed E-state index contributed by atoms with van der Waals surface area (Å²) in [4.78, 5) is 24.9. The number of cyclic esters (lactones) is 1. The van der Waals surface area contributed by atoms with Gasteiger partial charge >= 0.3 is 12.1 Å². The lowest BCUT2D eigenvalue weighted by atomic mass is 10.0. The maximum absolute atomic E-state index is 12.1. The molecule has 8 nitrogen and oxygen atoms in total. The lowest BCUT2D eigenvalue weighted by Gasteiger charge is -2.24. The summed E-state index contributed by atoms with van der Waals surface area (Å²) in [5, 5.41) is 18.2. The molecule has 0 radical (unpaired) electrons. The highest BCUT2D eigenvalue weighted by atomic mass is 32.2. The molecule has 1 saturated heterocycles. The van der Waals surface area contributed by atoms with Crippen LogP contribution in [0.5, 0.6) is 0 Å². The monoisotopic (exact) mass is 385 g/mol. The molecule has 2 N–H and O–H groups in total. The predicted octanol–water partition coefficient (Wildman–Crippen LogP) is 1.21. The van der Waals surface area contributed by atoms with Gasteiger partial charge in [-0.2, -0.15) is 0 Å². The molecule has 1 aromatic rings. The lowest BCUT2D eigenvalue weighted by molar-refractivity contribution is -0.140. The molecular formula is C17H23NO7S. The Hall–Kier alpha value is -2.13. The first-order chi connectivity index (χ1) is 12.1. The maximum Gasteiger partial charge on any atom is 0.414 e. The molecule has 2 rings (SSSR count). The quantitative estimate of drug-likeness (QED) is 0.690. The molecule has 0 aromatic heterocycles. The summed E-state index contributed by atoms with van der Waals surface area (Å²) in [6.07, 6.45) is 0.423. The fourth-order valence-electron chi connectivity index (χ4n) is 2.80. The summed E-state index contributed by atoms with van der Waals surface area (Å²) in [5.74, 6) is -1.47. The Morgan fingerprint density at radius 3 is 2.46 bits per heavy atom. The molecule has 26 heavy (non-hydrogen) atoms.